The van der Waals surface area contributed by atoms with Crippen LogP contribution in [0.2, 0.25) is 0 Å². The summed E-state index contributed by atoms with van der Waals surface area (Å²) in [6, 6.07) is -0.403. The zero-order valence-electron chi connectivity index (χ0n) is 3.82. The summed E-state index contributed by atoms with van der Waals surface area (Å²) in [6.45, 7) is 0.534. The van der Waals surface area contributed by atoms with Gasteiger partial charge in [-0.1, -0.05) is 0 Å². The summed E-state index contributed by atoms with van der Waals surface area (Å²) in [6.07, 6.45) is 1.30. The van der Waals surface area contributed by atoms with E-state index >= 15 is 0 Å². The predicted octanol–water partition coefficient (Wildman–Crippen LogP) is -0.272. The van der Waals surface area contributed by atoms with Crippen molar-refractivity contribution in [1.82, 2.24) is 5.32 Å². The van der Waals surface area contributed by atoms with Crippen LogP contribution in [0.3, 0.4) is 0 Å². The molecule has 3 heteroatoms. The van der Waals surface area contributed by atoms with Crippen LogP contribution >= 0.6 is 0 Å². The molecular formula is C4H7FN2. The Balaban J connectivity index is 2.54. The average Bonchev–Trinajstić information content (AvgIpc) is 1.91. The molecule has 1 aliphatic heterocycles. The second-order valence-electron chi connectivity index (χ2n) is 1.54. The van der Waals surface area contributed by atoms with E-state index in [1.165, 1.54) is 6.20 Å². The second kappa shape index (κ2) is 1.50. The minimum atomic E-state index is -0.403. The Morgan fingerprint density at radius 1 is 2.00 bits per heavy atom. The fourth-order valence-corrected chi connectivity index (χ4v) is 0.488. The maximum Gasteiger partial charge on any atom is 0.134 e. The van der Waals surface area contributed by atoms with Gasteiger partial charge in [0.15, 0.2) is 0 Å². The quantitative estimate of drug-likeness (QED) is 0.441. The Labute approximate surface area is 41.2 Å². The maximum absolute atomic E-state index is 12.0. The van der Waals surface area contributed by atoms with Crippen molar-refractivity contribution in [3.8, 4) is 0 Å². The summed E-state index contributed by atoms with van der Waals surface area (Å²) < 4.78 is 12.0. The van der Waals surface area contributed by atoms with Gasteiger partial charge in [0.2, 0.25) is 0 Å². The molecule has 0 radical (unpaired) electrons. The zero-order valence-corrected chi connectivity index (χ0v) is 3.82. The van der Waals surface area contributed by atoms with E-state index in [1.54, 1.807) is 0 Å². The molecule has 0 aromatic carbocycles. The van der Waals surface area contributed by atoms with Crippen molar-refractivity contribution in [3.63, 3.8) is 0 Å². The van der Waals surface area contributed by atoms with Gasteiger partial charge in [0.25, 0.3) is 0 Å². The molecule has 0 aliphatic carbocycles. The molecule has 0 fully saturated rings. The van der Waals surface area contributed by atoms with Gasteiger partial charge in [-0.25, -0.2) is 4.39 Å². The Morgan fingerprint density at radius 3 is 2.86 bits per heavy atom. The summed E-state index contributed by atoms with van der Waals surface area (Å²) in [5.41, 5.74) is 5.17. The Kier molecular flexibility index (Phi) is 0.982. The predicted molar refractivity (Wildman–Crippen MR) is 25.2 cm³/mol. The Hall–Kier alpha value is -0.570. The van der Waals surface area contributed by atoms with Gasteiger partial charge in [-0.3, -0.25) is 0 Å². The van der Waals surface area contributed by atoms with Crippen LogP contribution in [0, 0.1) is 0 Å². The van der Waals surface area contributed by atoms with Gasteiger partial charge in [0.1, 0.15) is 5.83 Å². The van der Waals surface area contributed by atoms with Crippen LogP contribution < -0.4 is 11.1 Å². The summed E-state index contributed by atoms with van der Waals surface area (Å²) in [7, 11) is 0. The van der Waals surface area contributed by atoms with E-state index in [9.17, 15) is 4.39 Å². The Morgan fingerprint density at radius 2 is 2.71 bits per heavy atom. The molecule has 0 amide bonds. The summed E-state index contributed by atoms with van der Waals surface area (Å²) in [4.78, 5) is 0. The summed E-state index contributed by atoms with van der Waals surface area (Å²) in [5, 5.41) is 2.66. The number of hydrogen-bond acceptors (Lipinski definition) is 2. The van der Waals surface area contributed by atoms with E-state index in [-0.39, 0.29) is 5.83 Å². The van der Waals surface area contributed by atoms with E-state index in [0.29, 0.717) is 6.54 Å². The first-order chi connectivity index (χ1) is 3.30. The van der Waals surface area contributed by atoms with E-state index in [2.05, 4.69) is 5.32 Å². The number of nitrogens with one attached hydrogen (secondary N) is 1. The van der Waals surface area contributed by atoms with Crippen LogP contribution in [0.1, 0.15) is 0 Å². The number of halogens is 1. The van der Waals surface area contributed by atoms with Crippen LogP contribution in [0.25, 0.3) is 0 Å². The van der Waals surface area contributed by atoms with Gasteiger partial charge in [0.05, 0.1) is 6.04 Å². The third-order valence-electron chi connectivity index (χ3n) is 0.932. The number of hydrogen-bond donors (Lipinski definition) is 2. The molecule has 7 heavy (non-hydrogen) atoms. The highest BCUT2D eigenvalue weighted by atomic mass is 19.1. The lowest BCUT2D eigenvalue weighted by atomic mass is 10.3. The van der Waals surface area contributed by atoms with Crippen LogP contribution in [-0.2, 0) is 0 Å². The Bertz CT molecular complexity index is 99.9. The molecule has 0 bridgehead atoms. The standard InChI is InChI=1S/C4H7FN2/c5-3-1-7-2-4(3)6/h1,4,7H,2,6H2. The molecule has 0 saturated carbocycles. The third kappa shape index (κ3) is 0.718. The van der Waals surface area contributed by atoms with Crippen molar-refractivity contribution >= 4 is 0 Å². The molecular weight excluding hydrogens is 95.1 g/mol. The van der Waals surface area contributed by atoms with Crippen molar-refractivity contribution < 1.29 is 4.39 Å². The minimum absolute atomic E-state index is 0.250. The highest BCUT2D eigenvalue weighted by molar-refractivity contribution is 5.06. The largest absolute Gasteiger partial charge is 0.387 e. The highest BCUT2D eigenvalue weighted by Crippen LogP contribution is 2.03. The normalized spacial score (nSPS) is 29.4. The van der Waals surface area contributed by atoms with Gasteiger partial charge in [-0.2, -0.15) is 0 Å². The molecule has 0 aromatic heterocycles. The molecule has 1 rings (SSSR count). The van der Waals surface area contributed by atoms with Crippen molar-refractivity contribution in [2.45, 2.75) is 6.04 Å². The van der Waals surface area contributed by atoms with Gasteiger partial charge in [0, 0.05) is 12.7 Å². The lowest BCUT2D eigenvalue weighted by molar-refractivity contribution is 0.565. The third-order valence-corrected chi connectivity index (χ3v) is 0.932. The molecule has 0 aromatic rings. The molecule has 1 unspecified atom stereocenters. The van der Waals surface area contributed by atoms with E-state index in [1.807, 2.05) is 0 Å². The van der Waals surface area contributed by atoms with Crippen LogP contribution in [-0.4, -0.2) is 12.6 Å². The molecule has 0 spiro atoms. The first kappa shape index (κ1) is 4.59. The molecule has 2 nitrogen and oxygen atoms in total. The minimum Gasteiger partial charge on any atom is -0.387 e. The zero-order chi connectivity index (χ0) is 5.28. The lowest BCUT2D eigenvalue weighted by Crippen LogP contribution is -2.24. The van der Waals surface area contributed by atoms with Gasteiger partial charge in [-0.15, -0.1) is 0 Å². The molecule has 1 aliphatic rings. The van der Waals surface area contributed by atoms with Gasteiger partial charge in [-0.05, 0) is 0 Å². The SMILES string of the molecule is NC1CNC=C1F. The molecule has 40 valence electrons. The first-order valence-corrected chi connectivity index (χ1v) is 2.15. The molecule has 0 saturated heterocycles. The van der Waals surface area contributed by atoms with Crippen molar-refractivity contribution in [2.75, 3.05) is 6.54 Å². The number of nitrogens with two attached hydrogens (primary N) is 1. The molecule has 1 atom stereocenters. The van der Waals surface area contributed by atoms with E-state index < -0.39 is 6.04 Å². The van der Waals surface area contributed by atoms with Crippen molar-refractivity contribution in [2.24, 2.45) is 5.73 Å². The number of rotatable bonds is 0. The highest BCUT2D eigenvalue weighted by Gasteiger charge is 2.12. The van der Waals surface area contributed by atoms with Crippen LogP contribution in [0.5, 0.6) is 0 Å². The van der Waals surface area contributed by atoms with E-state index in [0.717, 1.165) is 0 Å². The average molecular weight is 102 g/mol. The molecule has 1 heterocycles. The fraction of sp³-hybridized carbons (Fsp3) is 0.500. The monoisotopic (exact) mass is 102 g/mol. The summed E-state index contributed by atoms with van der Waals surface area (Å²) in [5.74, 6) is -0.250. The van der Waals surface area contributed by atoms with Crippen molar-refractivity contribution in [1.29, 1.82) is 0 Å². The van der Waals surface area contributed by atoms with Crippen LogP contribution in [0.4, 0.5) is 4.39 Å². The maximum atomic E-state index is 12.0. The topological polar surface area (TPSA) is 38.0 Å². The van der Waals surface area contributed by atoms with E-state index in [4.69, 9.17) is 5.73 Å². The van der Waals surface area contributed by atoms with Gasteiger partial charge >= 0.3 is 0 Å². The van der Waals surface area contributed by atoms with Gasteiger partial charge < -0.3 is 11.1 Å². The first-order valence-electron chi connectivity index (χ1n) is 2.15. The van der Waals surface area contributed by atoms with Crippen molar-refractivity contribution in [3.05, 3.63) is 12.0 Å². The van der Waals surface area contributed by atoms with Crippen LogP contribution in [0.15, 0.2) is 12.0 Å². The fourth-order valence-electron chi connectivity index (χ4n) is 0.488. The lowest BCUT2D eigenvalue weighted by Gasteiger charge is -1.95. The smallest absolute Gasteiger partial charge is 0.134 e. The second-order valence-corrected chi connectivity index (χ2v) is 1.54. The molecule has 3 N–H and O–H groups in total. The summed E-state index contributed by atoms with van der Waals surface area (Å²) >= 11 is 0.